The van der Waals surface area contributed by atoms with Crippen molar-refractivity contribution in [3.63, 3.8) is 0 Å². The van der Waals surface area contributed by atoms with Crippen LogP contribution in [0, 0.1) is 0 Å². The van der Waals surface area contributed by atoms with Crippen LogP contribution >= 0.6 is 11.8 Å². The fourth-order valence-electron chi connectivity index (χ4n) is 3.98. The van der Waals surface area contributed by atoms with Crippen molar-refractivity contribution in [1.82, 2.24) is 20.0 Å². The van der Waals surface area contributed by atoms with Crippen molar-refractivity contribution in [2.24, 2.45) is 0 Å². The molecule has 33 heavy (non-hydrogen) atoms. The molecule has 2 heterocycles. The number of piperazine rings is 1. The third-order valence-corrected chi connectivity index (χ3v) is 6.73. The van der Waals surface area contributed by atoms with Crippen LogP contribution in [0.3, 0.4) is 0 Å². The molecule has 170 valence electrons. The van der Waals surface area contributed by atoms with Gasteiger partial charge in [-0.2, -0.15) is 0 Å². The highest BCUT2D eigenvalue weighted by Gasteiger charge is 2.29. The second-order valence-electron chi connectivity index (χ2n) is 8.17. The fraction of sp³-hybridized carbons (Fsp3) is 0.308. The molecule has 0 radical (unpaired) electrons. The first-order valence-electron chi connectivity index (χ1n) is 11.2. The highest BCUT2D eigenvalue weighted by Crippen LogP contribution is 2.21. The molecule has 0 saturated carbocycles. The number of carbonyl (C=O) groups is 2. The van der Waals surface area contributed by atoms with E-state index in [-0.39, 0.29) is 17.9 Å². The monoisotopic (exact) mass is 460 g/mol. The minimum Gasteiger partial charge on any atom is -0.338 e. The molecule has 1 unspecified atom stereocenters. The normalized spacial score (nSPS) is 16.0. The highest BCUT2D eigenvalue weighted by molar-refractivity contribution is 7.99. The fourth-order valence-corrected chi connectivity index (χ4v) is 4.70. The average Bonchev–Trinajstić information content (AvgIpc) is 2.87. The number of benzene rings is 2. The summed E-state index contributed by atoms with van der Waals surface area (Å²) < 4.78 is 0. The summed E-state index contributed by atoms with van der Waals surface area (Å²) in [5, 5.41) is 9.26. The molecular weight excluding hydrogens is 432 g/mol. The molecule has 1 saturated heterocycles. The first kappa shape index (κ1) is 23.0. The maximum Gasteiger partial charge on any atom is 0.233 e. The third kappa shape index (κ3) is 6.20. The molecule has 2 aromatic carbocycles. The minimum absolute atomic E-state index is 0.0147. The summed E-state index contributed by atoms with van der Waals surface area (Å²) in [5.41, 5.74) is 3.00. The minimum atomic E-state index is 0.0147. The van der Waals surface area contributed by atoms with E-state index in [9.17, 15) is 9.59 Å². The Morgan fingerprint density at radius 2 is 1.64 bits per heavy atom. The molecule has 0 aliphatic carbocycles. The van der Waals surface area contributed by atoms with E-state index in [1.165, 1.54) is 17.3 Å². The van der Waals surface area contributed by atoms with Gasteiger partial charge in [0.05, 0.1) is 11.4 Å². The van der Waals surface area contributed by atoms with Crippen LogP contribution in [0.15, 0.2) is 77.8 Å². The molecule has 2 amide bonds. The van der Waals surface area contributed by atoms with Crippen molar-refractivity contribution < 1.29 is 9.59 Å². The Kier molecular flexibility index (Phi) is 7.73. The summed E-state index contributed by atoms with van der Waals surface area (Å²) in [6, 6.07) is 23.8. The molecule has 1 atom stereocenters. The number of amides is 2. The van der Waals surface area contributed by atoms with Crippen molar-refractivity contribution in [3.8, 4) is 11.3 Å². The summed E-state index contributed by atoms with van der Waals surface area (Å²) in [7, 11) is 0. The van der Waals surface area contributed by atoms with Crippen LogP contribution in [0.25, 0.3) is 11.3 Å². The number of hydrogen-bond donors (Lipinski definition) is 0. The molecule has 0 N–H and O–H groups in total. The van der Waals surface area contributed by atoms with Crippen molar-refractivity contribution in [3.05, 3.63) is 78.4 Å². The van der Waals surface area contributed by atoms with E-state index >= 15 is 0 Å². The predicted octanol–water partition coefficient (Wildman–Crippen LogP) is 3.93. The predicted molar refractivity (Wildman–Crippen MR) is 131 cm³/mol. The van der Waals surface area contributed by atoms with Crippen LogP contribution < -0.4 is 0 Å². The summed E-state index contributed by atoms with van der Waals surface area (Å²) in [5.74, 6) is 0.535. The summed E-state index contributed by atoms with van der Waals surface area (Å²) in [4.78, 5) is 29.2. The lowest BCUT2D eigenvalue weighted by Gasteiger charge is -2.40. The molecule has 3 aromatic rings. The number of aromatic nitrogens is 2. The maximum atomic E-state index is 12.7. The van der Waals surface area contributed by atoms with Gasteiger partial charge in [-0.3, -0.25) is 9.59 Å². The summed E-state index contributed by atoms with van der Waals surface area (Å²) >= 11 is 1.39. The smallest absolute Gasteiger partial charge is 0.233 e. The van der Waals surface area contributed by atoms with Crippen LogP contribution in [0.4, 0.5) is 0 Å². The largest absolute Gasteiger partial charge is 0.338 e. The van der Waals surface area contributed by atoms with Gasteiger partial charge in [0.2, 0.25) is 11.8 Å². The zero-order valence-corrected chi connectivity index (χ0v) is 19.6. The van der Waals surface area contributed by atoms with Crippen LogP contribution in [-0.4, -0.2) is 63.2 Å². The Morgan fingerprint density at radius 3 is 2.30 bits per heavy atom. The number of hydrogen-bond acceptors (Lipinski definition) is 5. The Morgan fingerprint density at radius 1 is 0.909 bits per heavy atom. The average molecular weight is 461 g/mol. The Hall–Kier alpha value is -3.19. The SMILES string of the molecule is CC1CN(C(=O)CSc2ccc(-c3ccccc3)nn2)CCN1C(=O)CCc1ccccc1. The van der Waals surface area contributed by atoms with Crippen LogP contribution in [-0.2, 0) is 16.0 Å². The Labute approximate surface area is 199 Å². The second kappa shape index (κ2) is 11.1. The molecule has 1 aliphatic heterocycles. The molecule has 1 fully saturated rings. The molecule has 0 spiro atoms. The number of aryl methyl sites for hydroxylation is 1. The van der Waals surface area contributed by atoms with E-state index in [0.29, 0.717) is 31.8 Å². The van der Waals surface area contributed by atoms with Gasteiger partial charge in [-0.1, -0.05) is 72.4 Å². The first-order chi connectivity index (χ1) is 16.1. The van der Waals surface area contributed by atoms with Gasteiger partial charge in [0, 0.05) is 37.7 Å². The lowest BCUT2D eigenvalue weighted by Crippen LogP contribution is -2.55. The van der Waals surface area contributed by atoms with E-state index in [0.717, 1.165) is 22.7 Å². The quantitative estimate of drug-likeness (QED) is 0.500. The molecular formula is C26H28N4O2S. The topological polar surface area (TPSA) is 66.4 Å². The number of nitrogens with zero attached hydrogens (tertiary/aromatic N) is 4. The van der Waals surface area contributed by atoms with Crippen LogP contribution in [0.2, 0.25) is 0 Å². The number of carbonyl (C=O) groups excluding carboxylic acids is 2. The number of rotatable bonds is 7. The van der Waals surface area contributed by atoms with Gasteiger partial charge in [-0.25, -0.2) is 0 Å². The lowest BCUT2D eigenvalue weighted by atomic mass is 10.1. The van der Waals surface area contributed by atoms with Gasteiger partial charge in [-0.15, -0.1) is 10.2 Å². The standard InChI is InChI=1S/C26H28N4O2S/c1-20-18-29(16-17-30(20)25(31)15-12-21-8-4-2-5-9-21)26(32)19-33-24-14-13-23(27-28-24)22-10-6-3-7-11-22/h2-11,13-14,20H,12,15-19H2,1H3. The van der Waals surface area contributed by atoms with Gasteiger partial charge in [0.15, 0.2) is 0 Å². The van der Waals surface area contributed by atoms with Crippen LogP contribution in [0.1, 0.15) is 18.9 Å². The van der Waals surface area contributed by atoms with E-state index in [1.807, 2.05) is 89.5 Å². The Balaban J connectivity index is 1.23. The molecule has 1 aliphatic rings. The van der Waals surface area contributed by atoms with Crippen molar-refractivity contribution >= 4 is 23.6 Å². The van der Waals surface area contributed by atoms with Crippen molar-refractivity contribution in [2.75, 3.05) is 25.4 Å². The van der Waals surface area contributed by atoms with E-state index in [2.05, 4.69) is 10.2 Å². The van der Waals surface area contributed by atoms with Crippen molar-refractivity contribution in [1.29, 1.82) is 0 Å². The van der Waals surface area contributed by atoms with Gasteiger partial charge >= 0.3 is 0 Å². The Bertz CT molecular complexity index is 1060. The lowest BCUT2D eigenvalue weighted by molar-refractivity contribution is -0.141. The summed E-state index contributed by atoms with van der Waals surface area (Å²) in [6.45, 7) is 3.73. The zero-order chi connectivity index (χ0) is 23.0. The van der Waals surface area contributed by atoms with E-state index < -0.39 is 0 Å². The van der Waals surface area contributed by atoms with Gasteiger partial charge in [0.25, 0.3) is 0 Å². The zero-order valence-electron chi connectivity index (χ0n) is 18.8. The summed E-state index contributed by atoms with van der Waals surface area (Å²) in [6.07, 6.45) is 1.24. The third-order valence-electron chi connectivity index (χ3n) is 5.82. The second-order valence-corrected chi connectivity index (χ2v) is 9.17. The molecule has 6 nitrogen and oxygen atoms in total. The van der Waals surface area contributed by atoms with Gasteiger partial charge < -0.3 is 9.80 Å². The van der Waals surface area contributed by atoms with Gasteiger partial charge in [-0.05, 0) is 31.0 Å². The van der Waals surface area contributed by atoms with E-state index in [4.69, 9.17) is 0 Å². The van der Waals surface area contributed by atoms with Crippen molar-refractivity contribution in [2.45, 2.75) is 30.8 Å². The molecule has 4 rings (SSSR count). The van der Waals surface area contributed by atoms with Gasteiger partial charge in [0.1, 0.15) is 5.03 Å². The number of thioether (sulfide) groups is 1. The molecule has 7 heteroatoms. The van der Waals surface area contributed by atoms with Crippen LogP contribution in [0.5, 0.6) is 0 Å². The first-order valence-corrected chi connectivity index (χ1v) is 12.2. The highest BCUT2D eigenvalue weighted by atomic mass is 32.2. The molecule has 1 aromatic heterocycles. The maximum absolute atomic E-state index is 12.7. The van der Waals surface area contributed by atoms with E-state index in [1.54, 1.807) is 0 Å². The molecule has 0 bridgehead atoms.